The average molecular weight is 342 g/mol. The molecule has 1 unspecified atom stereocenters. The largest absolute Gasteiger partial charge is 0.497 e. The number of benzene rings is 1. The Kier molecular flexibility index (Phi) is 4.71. The first-order valence-electron chi connectivity index (χ1n) is 5.88. The summed E-state index contributed by atoms with van der Waals surface area (Å²) in [5.74, 6) is 1.57. The number of ether oxygens (including phenoxy) is 2. The predicted octanol–water partition coefficient (Wildman–Crippen LogP) is 4.70. The van der Waals surface area contributed by atoms with Gasteiger partial charge in [-0.15, -0.1) is 11.3 Å². The van der Waals surface area contributed by atoms with Crippen LogP contribution in [0.3, 0.4) is 0 Å². The maximum Gasteiger partial charge on any atom is 0.145 e. The van der Waals surface area contributed by atoms with E-state index in [1.54, 1.807) is 25.6 Å². The Labute approximate surface area is 125 Å². The Morgan fingerprint density at radius 3 is 2.53 bits per heavy atom. The smallest absolute Gasteiger partial charge is 0.145 e. The molecule has 19 heavy (non-hydrogen) atoms. The molecular weight excluding hydrogens is 326 g/mol. The van der Waals surface area contributed by atoms with Crippen molar-refractivity contribution in [2.24, 2.45) is 0 Å². The van der Waals surface area contributed by atoms with Crippen LogP contribution in [-0.2, 0) is 0 Å². The lowest BCUT2D eigenvalue weighted by molar-refractivity contribution is 0.395. The molecule has 102 valence electrons. The van der Waals surface area contributed by atoms with E-state index in [9.17, 15) is 0 Å². The Balaban J connectivity index is 2.18. The monoisotopic (exact) mass is 341 g/mol. The topological polar surface area (TPSA) is 30.5 Å². The Morgan fingerprint density at radius 2 is 1.95 bits per heavy atom. The van der Waals surface area contributed by atoms with Crippen molar-refractivity contribution in [2.45, 2.75) is 13.0 Å². The molecule has 0 spiro atoms. The summed E-state index contributed by atoms with van der Waals surface area (Å²) in [6.07, 6.45) is 0. The van der Waals surface area contributed by atoms with Crippen molar-refractivity contribution in [3.8, 4) is 11.5 Å². The van der Waals surface area contributed by atoms with Crippen LogP contribution in [-0.4, -0.2) is 14.2 Å². The number of hydrogen-bond acceptors (Lipinski definition) is 4. The minimum absolute atomic E-state index is 0.221. The molecule has 1 heterocycles. The molecule has 0 saturated heterocycles. The average Bonchev–Trinajstić information content (AvgIpc) is 2.86. The van der Waals surface area contributed by atoms with Gasteiger partial charge in [0.05, 0.1) is 29.7 Å². The molecule has 0 aliphatic heterocycles. The van der Waals surface area contributed by atoms with Gasteiger partial charge in [0.15, 0.2) is 0 Å². The lowest BCUT2D eigenvalue weighted by Gasteiger charge is -2.17. The zero-order valence-corrected chi connectivity index (χ0v) is 13.5. The molecule has 5 heteroatoms. The molecule has 0 aliphatic carbocycles. The molecule has 2 rings (SSSR count). The molecule has 0 aliphatic rings. The van der Waals surface area contributed by atoms with Gasteiger partial charge >= 0.3 is 0 Å². The normalized spacial score (nSPS) is 12.0. The molecule has 0 fully saturated rings. The van der Waals surface area contributed by atoms with E-state index in [0.717, 1.165) is 21.0 Å². The van der Waals surface area contributed by atoms with Crippen molar-refractivity contribution >= 4 is 33.0 Å². The van der Waals surface area contributed by atoms with Gasteiger partial charge in [-0.3, -0.25) is 0 Å². The second kappa shape index (κ2) is 6.30. The molecule has 1 aromatic carbocycles. The van der Waals surface area contributed by atoms with Crippen LogP contribution in [0.1, 0.15) is 17.8 Å². The maximum atomic E-state index is 5.38. The van der Waals surface area contributed by atoms with Crippen LogP contribution in [0.15, 0.2) is 34.1 Å². The molecule has 3 nitrogen and oxygen atoms in total. The van der Waals surface area contributed by atoms with Gasteiger partial charge in [-0.2, -0.15) is 0 Å². The second-order valence-electron chi connectivity index (χ2n) is 4.07. The zero-order valence-electron chi connectivity index (χ0n) is 11.1. The molecule has 0 amide bonds. The van der Waals surface area contributed by atoms with Crippen LogP contribution in [0.2, 0.25) is 0 Å². The number of halogens is 1. The van der Waals surface area contributed by atoms with E-state index in [1.807, 2.05) is 18.2 Å². The predicted molar refractivity (Wildman–Crippen MR) is 83.6 cm³/mol. The number of methoxy groups -OCH3 is 2. The van der Waals surface area contributed by atoms with E-state index in [-0.39, 0.29) is 6.04 Å². The summed E-state index contributed by atoms with van der Waals surface area (Å²) in [7, 11) is 3.31. The van der Waals surface area contributed by atoms with Gasteiger partial charge in [0.1, 0.15) is 11.5 Å². The standard InChI is InChI=1S/C14H16BrNO2S/c1-9(13-6-7-14(15)19-13)16-11-5-4-10(17-2)8-12(11)18-3/h4-9,16H,1-3H3. The van der Waals surface area contributed by atoms with Gasteiger partial charge in [-0.1, -0.05) is 0 Å². The molecule has 0 bridgehead atoms. The lowest BCUT2D eigenvalue weighted by Crippen LogP contribution is -2.06. The third-order valence-corrected chi connectivity index (χ3v) is 4.61. The van der Waals surface area contributed by atoms with Gasteiger partial charge in [0.25, 0.3) is 0 Å². The fourth-order valence-electron chi connectivity index (χ4n) is 1.78. The SMILES string of the molecule is COc1ccc(NC(C)c2ccc(Br)s2)c(OC)c1. The van der Waals surface area contributed by atoms with Gasteiger partial charge in [-0.25, -0.2) is 0 Å². The lowest BCUT2D eigenvalue weighted by atomic mass is 10.2. The van der Waals surface area contributed by atoms with Crippen molar-refractivity contribution in [3.05, 3.63) is 39.0 Å². The highest BCUT2D eigenvalue weighted by Gasteiger charge is 2.11. The van der Waals surface area contributed by atoms with Gasteiger partial charge in [-0.05, 0) is 47.1 Å². The summed E-state index contributed by atoms with van der Waals surface area (Å²) in [4.78, 5) is 1.27. The maximum absolute atomic E-state index is 5.38. The minimum Gasteiger partial charge on any atom is -0.497 e. The summed E-state index contributed by atoms with van der Waals surface area (Å²) in [6.45, 7) is 2.13. The minimum atomic E-state index is 0.221. The molecular formula is C14H16BrNO2S. The summed E-state index contributed by atoms with van der Waals surface area (Å²) in [6, 6.07) is 10.2. The van der Waals surface area contributed by atoms with E-state index in [0.29, 0.717) is 0 Å². The summed E-state index contributed by atoms with van der Waals surface area (Å²) in [5.41, 5.74) is 0.959. The number of thiophene rings is 1. The van der Waals surface area contributed by atoms with Crippen molar-refractivity contribution in [3.63, 3.8) is 0 Å². The second-order valence-corrected chi connectivity index (χ2v) is 6.57. The Bertz CT molecular complexity index is 556. The first-order valence-corrected chi connectivity index (χ1v) is 7.48. The van der Waals surface area contributed by atoms with E-state index < -0.39 is 0 Å². The van der Waals surface area contributed by atoms with Crippen LogP contribution in [0.4, 0.5) is 5.69 Å². The van der Waals surface area contributed by atoms with Crippen molar-refractivity contribution < 1.29 is 9.47 Å². The van der Waals surface area contributed by atoms with Crippen LogP contribution >= 0.6 is 27.3 Å². The fraction of sp³-hybridized carbons (Fsp3) is 0.286. The van der Waals surface area contributed by atoms with E-state index in [1.165, 1.54) is 4.88 Å². The van der Waals surface area contributed by atoms with Gasteiger partial charge in [0.2, 0.25) is 0 Å². The van der Waals surface area contributed by atoms with E-state index in [4.69, 9.17) is 9.47 Å². The quantitative estimate of drug-likeness (QED) is 0.854. The highest BCUT2D eigenvalue weighted by atomic mass is 79.9. The molecule has 1 atom stereocenters. The van der Waals surface area contributed by atoms with Gasteiger partial charge in [0, 0.05) is 10.9 Å². The molecule has 2 aromatic rings. The first-order chi connectivity index (χ1) is 9.13. The van der Waals surface area contributed by atoms with E-state index >= 15 is 0 Å². The number of rotatable bonds is 5. The fourth-order valence-corrected chi connectivity index (χ4v) is 3.21. The van der Waals surface area contributed by atoms with Crippen molar-refractivity contribution in [1.82, 2.24) is 0 Å². The molecule has 1 N–H and O–H groups in total. The molecule has 0 radical (unpaired) electrons. The number of anilines is 1. The summed E-state index contributed by atoms with van der Waals surface area (Å²) in [5, 5.41) is 3.45. The van der Waals surface area contributed by atoms with Crippen molar-refractivity contribution in [1.29, 1.82) is 0 Å². The molecule has 0 saturated carbocycles. The van der Waals surface area contributed by atoms with Crippen LogP contribution in [0, 0.1) is 0 Å². The van der Waals surface area contributed by atoms with Gasteiger partial charge < -0.3 is 14.8 Å². The highest BCUT2D eigenvalue weighted by Crippen LogP contribution is 2.34. The third kappa shape index (κ3) is 3.42. The van der Waals surface area contributed by atoms with E-state index in [2.05, 4.69) is 40.3 Å². The molecule has 1 aromatic heterocycles. The van der Waals surface area contributed by atoms with Crippen LogP contribution in [0.25, 0.3) is 0 Å². The third-order valence-electron chi connectivity index (χ3n) is 2.80. The number of nitrogens with one attached hydrogen (secondary N) is 1. The summed E-state index contributed by atoms with van der Waals surface area (Å²) >= 11 is 5.21. The van der Waals surface area contributed by atoms with Crippen LogP contribution in [0.5, 0.6) is 11.5 Å². The highest BCUT2D eigenvalue weighted by molar-refractivity contribution is 9.11. The summed E-state index contributed by atoms with van der Waals surface area (Å²) < 4.78 is 11.7. The zero-order chi connectivity index (χ0) is 13.8. The Morgan fingerprint density at radius 1 is 1.16 bits per heavy atom. The Hall–Kier alpha value is -1.20. The van der Waals surface area contributed by atoms with Crippen molar-refractivity contribution in [2.75, 3.05) is 19.5 Å². The first kappa shape index (κ1) is 14.2. The number of hydrogen-bond donors (Lipinski definition) is 1. The van der Waals surface area contributed by atoms with Crippen LogP contribution < -0.4 is 14.8 Å².